The fourth-order valence-electron chi connectivity index (χ4n) is 5.74. The Morgan fingerprint density at radius 3 is 1.93 bits per heavy atom. The van der Waals surface area contributed by atoms with Crippen LogP contribution in [0, 0.1) is 6.92 Å². The van der Waals surface area contributed by atoms with Crippen molar-refractivity contribution in [1.29, 1.82) is 0 Å². The minimum Gasteiger partial charge on any atom is -0.472 e. The van der Waals surface area contributed by atoms with Gasteiger partial charge in [-0.25, -0.2) is 4.98 Å². The number of hydrogen-bond acceptors (Lipinski definition) is 5. The van der Waals surface area contributed by atoms with Crippen LogP contribution in [0.1, 0.15) is 41.4 Å². The lowest BCUT2D eigenvalue weighted by Crippen LogP contribution is -2.37. The fraction of sp³-hybridized carbons (Fsp3) is 0.222. The Morgan fingerprint density at radius 2 is 1.40 bits per heavy atom. The first-order valence-electron chi connectivity index (χ1n) is 14.6. The highest BCUT2D eigenvalue weighted by molar-refractivity contribution is 6.36. The summed E-state index contributed by atoms with van der Waals surface area (Å²) in [5, 5.41) is 1.18. The number of anilines is 2. The molecule has 1 aliphatic heterocycles. The standard InChI is InChI=1S/C36H33Cl2N3O2/c1-3-30(43-35-31-21-22-41(34(31)39-25(2)40-35)33-20-19-29(37)23-32(33)38)24-42-36(26-13-7-4-8-14-26,27-15-9-5-10-16-27)28-17-11-6-12-18-28/h4-20,23,30H,3,21-22,24H2,1-2H3. The van der Waals surface area contributed by atoms with E-state index in [2.05, 4.69) is 84.6 Å². The molecule has 0 spiro atoms. The highest BCUT2D eigenvalue weighted by atomic mass is 35.5. The number of ether oxygens (including phenoxy) is 2. The molecule has 1 atom stereocenters. The van der Waals surface area contributed by atoms with E-state index in [1.54, 1.807) is 6.07 Å². The van der Waals surface area contributed by atoms with Gasteiger partial charge in [-0.05, 0) is 54.7 Å². The summed E-state index contributed by atoms with van der Waals surface area (Å²) in [6.07, 6.45) is 1.23. The molecule has 0 N–H and O–H groups in total. The van der Waals surface area contributed by atoms with E-state index in [1.807, 2.05) is 37.3 Å². The third-order valence-corrected chi connectivity index (χ3v) is 8.40. The molecule has 218 valence electrons. The Kier molecular flexibility index (Phi) is 8.66. The molecule has 2 heterocycles. The Morgan fingerprint density at radius 1 is 0.814 bits per heavy atom. The molecule has 1 aliphatic rings. The van der Waals surface area contributed by atoms with Crippen molar-refractivity contribution in [1.82, 2.24) is 9.97 Å². The maximum Gasteiger partial charge on any atom is 0.222 e. The van der Waals surface area contributed by atoms with E-state index in [9.17, 15) is 0 Å². The molecule has 0 fully saturated rings. The number of rotatable bonds is 10. The monoisotopic (exact) mass is 609 g/mol. The van der Waals surface area contributed by atoms with Crippen LogP contribution >= 0.6 is 23.2 Å². The molecule has 4 aromatic carbocycles. The molecule has 5 aromatic rings. The van der Waals surface area contributed by atoms with Crippen LogP contribution in [0.3, 0.4) is 0 Å². The van der Waals surface area contributed by atoms with Crippen molar-refractivity contribution in [3.05, 3.63) is 147 Å². The summed E-state index contributed by atoms with van der Waals surface area (Å²) in [5.41, 5.74) is 4.16. The van der Waals surface area contributed by atoms with Gasteiger partial charge in [-0.15, -0.1) is 0 Å². The smallest absolute Gasteiger partial charge is 0.222 e. The molecular weight excluding hydrogens is 577 g/mol. The largest absolute Gasteiger partial charge is 0.472 e. The lowest BCUT2D eigenvalue weighted by Gasteiger charge is -2.37. The first-order valence-corrected chi connectivity index (χ1v) is 15.3. The molecule has 0 aliphatic carbocycles. The van der Waals surface area contributed by atoms with E-state index >= 15 is 0 Å². The lowest BCUT2D eigenvalue weighted by atomic mass is 9.80. The molecular formula is C36H33Cl2N3O2. The Balaban J connectivity index is 1.33. The van der Waals surface area contributed by atoms with Gasteiger partial charge in [0.2, 0.25) is 5.88 Å². The van der Waals surface area contributed by atoms with Gasteiger partial charge in [0.15, 0.2) is 0 Å². The summed E-state index contributed by atoms with van der Waals surface area (Å²) in [4.78, 5) is 11.6. The van der Waals surface area contributed by atoms with Crippen LogP contribution in [0.2, 0.25) is 10.0 Å². The number of aromatic nitrogens is 2. The van der Waals surface area contributed by atoms with Crippen molar-refractivity contribution in [2.75, 3.05) is 18.1 Å². The first-order chi connectivity index (χ1) is 21.0. The maximum absolute atomic E-state index is 7.07. The van der Waals surface area contributed by atoms with Crippen molar-refractivity contribution < 1.29 is 9.47 Å². The second-order valence-corrected chi connectivity index (χ2v) is 11.5. The summed E-state index contributed by atoms with van der Waals surface area (Å²) in [7, 11) is 0. The lowest BCUT2D eigenvalue weighted by molar-refractivity contribution is -0.0324. The second-order valence-electron chi connectivity index (χ2n) is 10.6. The third-order valence-electron chi connectivity index (χ3n) is 7.86. The van der Waals surface area contributed by atoms with Crippen LogP contribution in [0.25, 0.3) is 0 Å². The highest BCUT2D eigenvalue weighted by Crippen LogP contribution is 2.43. The van der Waals surface area contributed by atoms with Crippen LogP contribution in [-0.2, 0) is 16.8 Å². The molecule has 0 amide bonds. The van der Waals surface area contributed by atoms with Gasteiger partial charge in [0, 0.05) is 11.6 Å². The van der Waals surface area contributed by atoms with Gasteiger partial charge in [-0.3, -0.25) is 0 Å². The van der Waals surface area contributed by atoms with E-state index in [-0.39, 0.29) is 6.10 Å². The van der Waals surface area contributed by atoms with Crippen LogP contribution in [0.4, 0.5) is 11.5 Å². The number of benzene rings is 4. The zero-order valence-electron chi connectivity index (χ0n) is 24.2. The quantitative estimate of drug-likeness (QED) is 0.148. The predicted octanol–water partition coefficient (Wildman–Crippen LogP) is 8.95. The number of fused-ring (bicyclic) bond motifs is 1. The number of nitrogens with zero attached hydrogens (tertiary/aromatic N) is 3. The minimum atomic E-state index is -0.827. The third kappa shape index (κ3) is 5.85. The van der Waals surface area contributed by atoms with Crippen molar-refractivity contribution in [2.24, 2.45) is 0 Å². The number of halogens is 2. The number of hydrogen-bond donors (Lipinski definition) is 0. The molecule has 0 saturated carbocycles. The molecule has 1 unspecified atom stereocenters. The van der Waals surface area contributed by atoms with E-state index < -0.39 is 5.60 Å². The Labute approximate surface area is 263 Å². The fourth-order valence-corrected chi connectivity index (χ4v) is 6.25. The van der Waals surface area contributed by atoms with Gasteiger partial charge in [-0.2, -0.15) is 4.98 Å². The Bertz CT molecular complexity index is 1590. The topological polar surface area (TPSA) is 47.5 Å². The van der Waals surface area contributed by atoms with Crippen LogP contribution in [0.15, 0.2) is 109 Å². The van der Waals surface area contributed by atoms with Gasteiger partial charge in [0.1, 0.15) is 23.3 Å². The van der Waals surface area contributed by atoms with Crippen LogP contribution < -0.4 is 9.64 Å². The van der Waals surface area contributed by atoms with E-state index in [1.165, 1.54) is 0 Å². The van der Waals surface area contributed by atoms with Crippen LogP contribution in [0.5, 0.6) is 5.88 Å². The SMILES string of the molecule is CCC(COC(c1ccccc1)(c1ccccc1)c1ccccc1)Oc1nc(C)nc2c1CCN2c1ccc(Cl)cc1Cl. The molecule has 0 saturated heterocycles. The van der Waals surface area contributed by atoms with E-state index in [4.69, 9.17) is 42.6 Å². The highest BCUT2D eigenvalue weighted by Gasteiger charge is 2.38. The second kappa shape index (κ2) is 12.8. The first kappa shape index (κ1) is 29.2. The average Bonchev–Trinajstić information content (AvgIpc) is 3.46. The summed E-state index contributed by atoms with van der Waals surface area (Å²) in [5.74, 6) is 2.04. The van der Waals surface area contributed by atoms with Crippen molar-refractivity contribution in [3.63, 3.8) is 0 Å². The molecule has 1 aromatic heterocycles. The number of aryl methyl sites for hydroxylation is 1. The predicted molar refractivity (Wildman–Crippen MR) is 174 cm³/mol. The van der Waals surface area contributed by atoms with Gasteiger partial charge >= 0.3 is 0 Å². The van der Waals surface area contributed by atoms with Crippen LogP contribution in [-0.4, -0.2) is 29.2 Å². The van der Waals surface area contributed by atoms with E-state index in [0.717, 1.165) is 53.1 Å². The van der Waals surface area contributed by atoms with Crippen molar-refractivity contribution in [2.45, 2.75) is 38.4 Å². The molecule has 7 heteroatoms. The zero-order chi connectivity index (χ0) is 29.8. The van der Waals surface area contributed by atoms with Gasteiger partial charge in [0.05, 0.1) is 22.9 Å². The van der Waals surface area contributed by atoms with Gasteiger partial charge < -0.3 is 14.4 Å². The summed E-state index contributed by atoms with van der Waals surface area (Å²) in [6, 6.07) is 36.7. The Hall–Kier alpha value is -3.90. The van der Waals surface area contributed by atoms with Crippen molar-refractivity contribution >= 4 is 34.7 Å². The maximum atomic E-state index is 7.07. The van der Waals surface area contributed by atoms with Gasteiger partial charge in [0.25, 0.3) is 0 Å². The molecule has 0 radical (unpaired) electrons. The van der Waals surface area contributed by atoms with Gasteiger partial charge in [-0.1, -0.05) is 121 Å². The van der Waals surface area contributed by atoms with E-state index in [0.29, 0.717) is 28.4 Å². The zero-order valence-corrected chi connectivity index (χ0v) is 25.7. The summed E-state index contributed by atoms with van der Waals surface area (Å²) in [6.45, 7) is 5.06. The summed E-state index contributed by atoms with van der Waals surface area (Å²) >= 11 is 12.7. The molecule has 43 heavy (non-hydrogen) atoms. The molecule has 6 rings (SSSR count). The minimum absolute atomic E-state index is 0.248. The molecule has 0 bridgehead atoms. The molecule has 5 nitrogen and oxygen atoms in total. The normalized spacial score (nSPS) is 13.5. The average molecular weight is 611 g/mol. The summed E-state index contributed by atoms with van der Waals surface area (Å²) < 4.78 is 13.7. The van der Waals surface area contributed by atoms with Crippen molar-refractivity contribution in [3.8, 4) is 5.88 Å².